The smallest absolute Gasteiger partial charge is 0.242 e. The van der Waals surface area contributed by atoms with Crippen LogP contribution in [0.4, 0.5) is 0 Å². The summed E-state index contributed by atoms with van der Waals surface area (Å²) in [5.41, 5.74) is 1.13. The third kappa shape index (κ3) is 4.67. The third-order valence-corrected chi connectivity index (χ3v) is 5.56. The van der Waals surface area contributed by atoms with E-state index in [0.29, 0.717) is 25.7 Å². The van der Waals surface area contributed by atoms with E-state index in [1.54, 1.807) is 12.0 Å². The van der Waals surface area contributed by atoms with Gasteiger partial charge in [0.1, 0.15) is 0 Å². The number of methoxy groups -OCH3 is 1. The molecular weight excluding hydrogens is 330 g/mol. The Bertz CT molecular complexity index is 620. The van der Waals surface area contributed by atoms with E-state index < -0.39 is 0 Å². The Morgan fingerprint density at radius 2 is 2.04 bits per heavy atom. The molecule has 0 aromatic carbocycles. The first-order valence-electron chi connectivity index (χ1n) is 9.77. The second-order valence-electron chi connectivity index (χ2n) is 7.60. The number of rotatable bonds is 10. The number of aryl methyl sites for hydroxylation is 1. The third-order valence-electron chi connectivity index (χ3n) is 5.56. The molecule has 0 N–H and O–H groups in total. The summed E-state index contributed by atoms with van der Waals surface area (Å²) in [5.74, 6) is 0.335. The molecule has 1 heterocycles. The highest BCUT2D eigenvalue weighted by molar-refractivity contribution is 5.86. The number of amides is 2. The number of nitrogens with zero attached hydrogens (tertiary/aromatic N) is 3. The molecule has 0 spiro atoms. The van der Waals surface area contributed by atoms with Crippen molar-refractivity contribution >= 4 is 11.8 Å². The SMILES string of the molecule is COCCCN(CC(=O)N(Cc1cccn1C)C1CC1)C(=O)C1CCC1. The number of carbonyl (C=O) groups is 2. The number of hydrogen-bond acceptors (Lipinski definition) is 3. The van der Waals surface area contributed by atoms with Gasteiger partial charge in [0.15, 0.2) is 0 Å². The van der Waals surface area contributed by atoms with E-state index in [1.165, 1.54) is 0 Å². The van der Waals surface area contributed by atoms with Crippen molar-refractivity contribution in [1.82, 2.24) is 14.4 Å². The highest BCUT2D eigenvalue weighted by Crippen LogP contribution is 2.30. The van der Waals surface area contributed by atoms with E-state index in [-0.39, 0.29) is 24.3 Å². The topological polar surface area (TPSA) is 54.8 Å². The lowest BCUT2D eigenvalue weighted by Gasteiger charge is -2.33. The Morgan fingerprint density at radius 1 is 1.27 bits per heavy atom. The molecule has 0 unspecified atom stereocenters. The molecule has 0 bridgehead atoms. The number of carbonyl (C=O) groups excluding carboxylic acids is 2. The number of aromatic nitrogens is 1. The van der Waals surface area contributed by atoms with E-state index in [9.17, 15) is 9.59 Å². The summed E-state index contributed by atoms with van der Waals surface area (Å²) < 4.78 is 7.17. The summed E-state index contributed by atoms with van der Waals surface area (Å²) in [5, 5.41) is 0. The summed E-state index contributed by atoms with van der Waals surface area (Å²) in [6.07, 6.45) is 7.95. The molecule has 0 radical (unpaired) electrons. The van der Waals surface area contributed by atoms with Crippen LogP contribution in [0.1, 0.15) is 44.2 Å². The second-order valence-corrected chi connectivity index (χ2v) is 7.60. The van der Waals surface area contributed by atoms with Gasteiger partial charge in [0.25, 0.3) is 0 Å². The van der Waals surface area contributed by atoms with Crippen molar-refractivity contribution in [3.05, 3.63) is 24.0 Å². The van der Waals surface area contributed by atoms with Gasteiger partial charge in [-0.15, -0.1) is 0 Å². The van der Waals surface area contributed by atoms with Crippen molar-refractivity contribution in [3.8, 4) is 0 Å². The number of hydrogen-bond donors (Lipinski definition) is 0. The molecular formula is C20H31N3O3. The second kappa shape index (κ2) is 8.71. The Kier molecular flexibility index (Phi) is 6.35. The van der Waals surface area contributed by atoms with Gasteiger partial charge >= 0.3 is 0 Å². The molecule has 26 heavy (non-hydrogen) atoms. The molecule has 0 aliphatic heterocycles. The van der Waals surface area contributed by atoms with Crippen LogP contribution in [0.15, 0.2) is 18.3 Å². The van der Waals surface area contributed by atoms with Crippen molar-refractivity contribution in [2.75, 3.05) is 26.8 Å². The normalized spacial score (nSPS) is 17.0. The van der Waals surface area contributed by atoms with E-state index in [4.69, 9.17) is 4.74 Å². The molecule has 6 nitrogen and oxygen atoms in total. The van der Waals surface area contributed by atoms with E-state index in [2.05, 4.69) is 10.6 Å². The Morgan fingerprint density at radius 3 is 2.58 bits per heavy atom. The van der Waals surface area contributed by atoms with Crippen molar-refractivity contribution in [2.45, 2.75) is 51.1 Å². The zero-order valence-electron chi connectivity index (χ0n) is 16.0. The standard InChI is InChI=1S/C20H31N3O3/c1-21-11-4-8-18(21)14-23(17-9-10-17)19(24)15-22(12-5-13-26-2)20(25)16-6-3-7-16/h4,8,11,16-17H,3,5-7,9-10,12-15H2,1-2H3. The van der Waals surface area contributed by atoms with Crippen LogP contribution in [0, 0.1) is 5.92 Å². The van der Waals surface area contributed by atoms with Gasteiger partial charge in [-0.25, -0.2) is 0 Å². The summed E-state index contributed by atoms with van der Waals surface area (Å²) in [7, 11) is 3.67. The van der Waals surface area contributed by atoms with Crippen LogP contribution in [0.2, 0.25) is 0 Å². The maximum absolute atomic E-state index is 13.0. The Hall–Kier alpha value is -1.82. The predicted octanol–water partition coefficient (Wildman–Crippen LogP) is 2.18. The van der Waals surface area contributed by atoms with Gasteiger partial charge in [0.2, 0.25) is 11.8 Å². The van der Waals surface area contributed by atoms with E-state index in [0.717, 1.165) is 44.2 Å². The molecule has 144 valence electrons. The van der Waals surface area contributed by atoms with Crippen LogP contribution in [0.5, 0.6) is 0 Å². The first kappa shape index (κ1) is 19.0. The summed E-state index contributed by atoms with van der Waals surface area (Å²) in [6.45, 7) is 2.02. The minimum atomic E-state index is 0.0683. The lowest BCUT2D eigenvalue weighted by Crippen LogP contribution is -2.47. The predicted molar refractivity (Wildman–Crippen MR) is 99.4 cm³/mol. The maximum Gasteiger partial charge on any atom is 0.242 e. The van der Waals surface area contributed by atoms with Gasteiger partial charge < -0.3 is 19.1 Å². The van der Waals surface area contributed by atoms with Crippen LogP contribution in [-0.4, -0.2) is 59.0 Å². The highest BCUT2D eigenvalue weighted by Gasteiger charge is 2.35. The van der Waals surface area contributed by atoms with E-state index >= 15 is 0 Å². The van der Waals surface area contributed by atoms with Gasteiger partial charge in [-0.05, 0) is 44.2 Å². The van der Waals surface area contributed by atoms with Gasteiger partial charge in [0.05, 0.1) is 13.1 Å². The first-order valence-corrected chi connectivity index (χ1v) is 9.77. The molecule has 2 saturated carbocycles. The minimum absolute atomic E-state index is 0.0683. The molecule has 1 aromatic heterocycles. The Labute approximate surface area is 156 Å². The largest absolute Gasteiger partial charge is 0.385 e. The van der Waals surface area contributed by atoms with Gasteiger partial charge in [-0.3, -0.25) is 9.59 Å². The molecule has 0 saturated heterocycles. The fraction of sp³-hybridized carbons (Fsp3) is 0.700. The Balaban J connectivity index is 1.63. The van der Waals surface area contributed by atoms with Crippen LogP contribution in [0.3, 0.4) is 0 Å². The molecule has 2 fully saturated rings. The fourth-order valence-corrected chi connectivity index (χ4v) is 3.48. The minimum Gasteiger partial charge on any atom is -0.385 e. The zero-order chi connectivity index (χ0) is 18.5. The van der Waals surface area contributed by atoms with Gasteiger partial charge in [-0.1, -0.05) is 6.42 Å². The molecule has 3 rings (SSSR count). The van der Waals surface area contributed by atoms with Crippen molar-refractivity contribution in [2.24, 2.45) is 13.0 Å². The van der Waals surface area contributed by atoms with Gasteiger partial charge in [-0.2, -0.15) is 0 Å². The lowest BCUT2D eigenvalue weighted by molar-refractivity contribution is -0.145. The monoisotopic (exact) mass is 361 g/mol. The van der Waals surface area contributed by atoms with Gasteiger partial charge in [0, 0.05) is 51.2 Å². The maximum atomic E-state index is 13.0. The number of ether oxygens (including phenoxy) is 1. The summed E-state index contributed by atoms with van der Waals surface area (Å²) >= 11 is 0. The molecule has 2 aliphatic rings. The van der Waals surface area contributed by atoms with Crippen molar-refractivity contribution < 1.29 is 14.3 Å². The average molecular weight is 361 g/mol. The van der Waals surface area contributed by atoms with Crippen molar-refractivity contribution in [3.63, 3.8) is 0 Å². The molecule has 1 aromatic rings. The van der Waals surface area contributed by atoms with Crippen LogP contribution >= 0.6 is 0 Å². The zero-order valence-corrected chi connectivity index (χ0v) is 16.0. The van der Waals surface area contributed by atoms with Crippen LogP contribution < -0.4 is 0 Å². The first-order chi connectivity index (χ1) is 12.6. The fourth-order valence-electron chi connectivity index (χ4n) is 3.48. The lowest BCUT2D eigenvalue weighted by atomic mass is 9.84. The van der Waals surface area contributed by atoms with Crippen LogP contribution in [-0.2, 0) is 27.9 Å². The quantitative estimate of drug-likeness (QED) is 0.600. The molecule has 0 atom stereocenters. The molecule has 2 amide bonds. The highest BCUT2D eigenvalue weighted by atomic mass is 16.5. The van der Waals surface area contributed by atoms with E-state index in [1.807, 2.05) is 24.2 Å². The van der Waals surface area contributed by atoms with Crippen molar-refractivity contribution in [1.29, 1.82) is 0 Å². The summed E-state index contributed by atoms with van der Waals surface area (Å²) in [4.78, 5) is 29.5. The molecule has 2 aliphatic carbocycles. The summed E-state index contributed by atoms with van der Waals surface area (Å²) in [6, 6.07) is 4.39. The molecule has 6 heteroatoms. The average Bonchev–Trinajstić information content (AvgIpc) is 3.32. The van der Waals surface area contributed by atoms with Crippen LogP contribution in [0.25, 0.3) is 0 Å².